The first-order valence-corrected chi connectivity index (χ1v) is 17.3. The summed E-state index contributed by atoms with van der Waals surface area (Å²) in [7, 11) is 0. The predicted octanol–water partition coefficient (Wildman–Crippen LogP) is 8.87. The van der Waals surface area contributed by atoms with Crippen molar-refractivity contribution in [3.63, 3.8) is 0 Å². The van der Waals surface area contributed by atoms with Gasteiger partial charge in [0.05, 0.1) is 18.8 Å². The molecule has 5 heteroatoms. The van der Waals surface area contributed by atoms with Crippen molar-refractivity contribution in [2.24, 2.45) is 0 Å². The molecule has 0 aromatic rings. The van der Waals surface area contributed by atoms with Crippen LogP contribution in [-0.2, 0) is 4.79 Å². The number of aliphatic hydroxyl groups is 3. The highest BCUT2D eigenvalue weighted by Crippen LogP contribution is 2.13. The van der Waals surface area contributed by atoms with Crippen molar-refractivity contribution in [3.8, 4) is 0 Å². The largest absolute Gasteiger partial charge is 0.394 e. The standard InChI is InChI=1S/C36H67NO4/c1-3-5-7-9-11-13-14-15-16-17-18-19-20-21-23-25-27-29-31-35(40)36(41)37-33(32-38)34(39)30-28-26-24-22-12-10-8-6-4-2/h15-16,24,26,28,30,33-35,38-40H,3-14,17-23,25,27,29,31-32H2,1-2H3,(H,37,41)/b16-15-,26-24+,30-28+/t33-,34+,35?/m0/s1. The third-order valence-corrected chi connectivity index (χ3v) is 7.76. The van der Waals surface area contributed by atoms with Crippen LogP contribution in [0.4, 0.5) is 0 Å². The molecule has 240 valence electrons. The molecule has 0 aromatic heterocycles. The van der Waals surface area contributed by atoms with E-state index in [2.05, 4.69) is 37.4 Å². The lowest BCUT2D eigenvalue weighted by Crippen LogP contribution is -2.48. The number of rotatable bonds is 30. The lowest BCUT2D eigenvalue weighted by molar-refractivity contribution is -0.131. The zero-order valence-corrected chi connectivity index (χ0v) is 26.9. The first kappa shape index (κ1) is 39.6. The highest BCUT2D eigenvalue weighted by Gasteiger charge is 2.22. The summed E-state index contributed by atoms with van der Waals surface area (Å²) in [5.74, 6) is -0.528. The minimum atomic E-state index is -1.11. The summed E-state index contributed by atoms with van der Waals surface area (Å²) in [4.78, 5) is 12.3. The number of nitrogens with one attached hydrogen (secondary N) is 1. The van der Waals surface area contributed by atoms with Crippen molar-refractivity contribution in [2.45, 2.75) is 180 Å². The van der Waals surface area contributed by atoms with Gasteiger partial charge in [0.15, 0.2) is 0 Å². The fourth-order valence-electron chi connectivity index (χ4n) is 4.94. The van der Waals surface area contributed by atoms with Gasteiger partial charge in [-0.2, -0.15) is 0 Å². The van der Waals surface area contributed by atoms with Crippen molar-refractivity contribution < 1.29 is 20.1 Å². The van der Waals surface area contributed by atoms with Crippen LogP contribution in [0.3, 0.4) is 0 Å². The van der Waals surface area contributed by atoms with Gasteiger partial charge in [-0.15, -0.1) is 0 Å². The van der Waals surface area contributed by atoms with E-state index in [1.54, 1.807) is 12.2 Å². The van der Waals surface area contributed by atoms with E-state index in [-0.39, 0.29) is 6.61 Å². The number of allylic oxidation sites excluding steroid dienone is 5. The molecule has 0 aliphatic carbocycles. The Kier molecular flexibility index (Phi) is 30.4. The first-order valence-electron chi connectivity index (χ1n) is 17.3. The molecule has 0 aromatic carbocycles. The average Bonchev–Trinajstić information content (AvgIpc) is 2.98. The average molecular weight is 578 g/mol. The molecule has 4 N–H and O–H groups in total. The van der Waals surface area contributed by atoms with Crippen LogP contribution in [0.1, 0.15) is 162 Å². The fraction of sp³-hybridized carbons (Fsp3) is 0.806. The number of unbranched alkanes of at least 4 members (excludes halogenated alkanes) is 19. The maximum absolute atomic E-state index is 12.3. The highest BCUT2D eigenvalue weighted by atomic mass is 16.3. The summed E-state index contributed by atoms with van der Waals surface area (Å²) < 4.78 is 0. The molecule has 0 fully saturated rings. The van der Waals surface area contributed by atoms with Crippen LogP contribution in [-0.4, -0.2) is 46.1 Å². The quantitative estimate of drug-likeness (QED) is 0.0390. The molecule has 0 aliphatic heterocycles. The minimum Gasteiger partial charge on any atom is -0.394 e. The summed E-state index contributed by atoms with van der Waals surface area (Å²) in [5, 5.41) is 32.7. The van der Waals surface area contributed by atoms with E-state index in [1.807, 2.05) is 6.08 Å². The van der Waals surface area contributed by atoms with Gasteiger partial charge in [0.1, 0.15) is 6.10 Å². The van der Waals surface area contributed by atoms with Gasteiger partial charge in [0.2, 0.25) is 5.91 Å². The molecule has 0 bridgehead atoms. The number of amides is 1. The lowest BCUT2D eigenvalue weighted by Gasteiger charge is -2.21. The topological polar surface area (TPSA) is 89.8 Å². The molecule has 41 heavy (non-hydrogen) atoms. The lowest BCUT2D eigenvalue weighted by atomic mass is 10.0. The Bertz CT molecular complexity index is 645. The second-order valence-corrected chi connectivity index (χ2v) is 11.8. The summed E-state index contributed by atoms with van der Waals surface area (Å²) in [6, 6.07) is -0.827. The number of hydrogen-bond donors (Lipinski definition) is 4. The Balaban J connectivity index is 3.76. The number of carbonyl (C=O) groups is 1. The SMILES string of the molecule is CCCCCCC/C=C/C=C/[C@@H](O)[C@H](CO)NC(=O)C(O)CCCCCCCCCC/C=C\CCCCCCCC. The van der Waals surface area contributed by atoms with E-state index in [0.29, 0.717) is 6.42 Å². The molecule has 3 atom stereocenters. The van der Waals surface area contributed by atoms with Gasteiger partial charge in [-0.3, -0.25) is 4.79 Å². The van der Waals surface area contributed by atoms with E-state index in [9.17, 15) is 20.1 Å². The first-order chi connectivity index (χ1) is 20.1. The van der Waals surface area contributed by atoms with Crippen LogP contribution in [0.5, 0.6) is 0 Å². The molecule has 5 nitrogen and oxygen atoms in total. The number of carbonyl (C=O) groups excluding carboxylic acids is 1. The Morgan fingerprint density at radius 3 is 1.54 bits per heavy atom. The molecule has 0 spiro atoms. The van der Waals surface area contributed by atoms with Crippen LogP contribution in [0.25, 0.3) is 0 Å². The van der Waals surface area contributed by atoms with Crippen molar-refractivity contribution in [2.75, 3.05) is 6.61 Å². The molecule has 1 amide bonds. The van der Waals surface area contributed by atoms with Crippen LogP contribution in [0, 0.1) is 0 Å². The van der Waals surface area contributed by atoms with Gasteiger partial charge in [-0.25, -0.2) is 0 Å². The van der Waals surface area contributed by atoms with E-state index >= 15 is 0 Å². The number of hydrogen-bond acceptors (Lipinski definition) is 4. The maximum Gasteiger partial charge on any atom is 0.249 e. The molecule has 0 saturated heterocycles. The summed E-state index contributed by atoms with van der Waals surface area (Å²) in [5.41, 5.74) is 0. The normalized spacial score (nSPS) is 14.4. The molecular formula is C36H67NO4. The second-order valence-electron chi connectivity index (χ2n) is 11.8. The van der Waals surface area contributed by atoms with E-state index < -0.39 is 24.2 Å². The van der Waals surface area contributed by atoms with E-state index in [0.717, 1.165) is 32.1 Å². The highest BCUT2D eigenvalue weighted by molar-refractivity contribution is 5.80. The number of aliphatic hydroxyl groups excluding tert-OH is 3. The van der Waals surface area contributed by atoms with Gasteiger partial charge >= 0.3 is 0 Å². The van der Waals surface area contributed by atoms with Crippen LogP contribution in [0.2, 0.25) is 0 Å². The van der Waals surface area contributed by atoms with Crippen molar-refractivity contribution in [1.82, 2.24) is 5.32 Å². The van der Waals surface area contributed by atoms with E-state index in [1.165, 1.54) is 109 Å². The molecular weight excluding hydrogens is 510 g/mol. The minimum absolute atomic E-state index is 0.388. The van der Waals surface area contributed by atoms with Crippen LogP contribution < -0.4 is 5.32 Å². The summed E-state index contributed by atoms with van der Waals surface area (Å²) >= 11 is 0. The zero-order chi connectivity index (χ0) is 30.2. The Hall–Kier alpha value is -1.43. The maximum atomic E-state index is 12.3. The van der Waals surface area contributed by atoms with Gasteiger partial charge in [0, 0.05) is 0 Å². The Morgan fingerprint density at radius 1 is 0.610 bits per heavy atom. The van der Waals surface area contributed by atoms with Gasteiger partial charge < -0.3 is 20.6 Å². The third-order valence-electron chi connectivity index (χ3n) is 7.76. The smallest absolute Gasteiger partial charge is 0.249 e. The third kappa shape index (κ3) is 27.2. The Morgan fingerprint density at radius 2 is 1.05 bits per heavy atom. The van der Waals surface area contributed by atoms with Crippen LogP contribution in [0.15, 0.2) is 36.5 Å². The summed E-state index contributed by atoms with van der Waals surface area (Å²) in [6.45, 7) is 4.08. The molecule has 0 rings (SSSR count). The summed E-state index contributed by atoms with van der Waals surface area (Å²) in [6.07, 6.45) is 37.4. The van der Waals surface area contributed by atoms with Crippen LogP contribution >= 0.6 is 0 Å². The molecule has 0 aliphatic rings. The molecule has 1 unspecified atom stereocenters. The Labute approximate surface area is 254 Å². The predicted molar refractivity (Wildman–Crippen MR) is 176 cm³/mol. The molecule has 0 saturated carbocycles. The van der Waals surface area contributed by atoms with Crippen molar-refractivity contribution >= 4 is 5.91 Å². The second kappa shape index (κ2) is 31.5. The monoisotopic (exact) mass is 578 g/mol. The van der Waals surface area contributed by atoms with Gasteiger partial charge in [0.25, 0.3) is 0 Å². The van der Waals surface area contributed by atoms with Crippen molar-refractivity contribution in [3.05, 3.63) is 36.5 Å². The van der Waals surface area contributed by atoms with E-state index in [4.69, 9.17) is 0 Å². The van der Waals surface area contributed by atoms with Gasteiger partial charge in [-0.05, 0) is 44.9 Å². The van der Waals surface area contributed by atoms with Crippen molar-refractivity contribution in [1.29, 1.82) is 0 Å². The fourth-order valence-corrected chi connectivity index (χ4v) is 4.94. The zero-order valence-electron chi connectivity index (χ0n) is 26.9. The molecule has 0 heterocycles. The van der Waals surface area contributed by atoms with Gasteiger partial charge in [-0.1, -0.05) is 153 Å². The molecule has 0 radical (unpaired) electrons.